The van der Waals surface area contributed by atoms with E-state index in [9.17, 15) is 4.79 Å². The molecule has 120 valence electrons. The van der Waals surface area contributed by atoms with Gasteiger partial charge in [-0.15, -0.1) is 11.3 Å². The Bertz CT molecular complexity index is 920. The summed E-state index contributed by atoms with van der Waals surface area (Å²) in [6, 6.07) is 11.7. The molecule has 1 aliphatic rings. The van der Waals surface area contributed by atoms with Crippen LogP contribution in [0.15, 0.2) is 47.9 Å². The Morgan fingerprint density at radius 1 is 1.08 bits per heavy atom. The Morgan fingerprint density at radius 3 is 2.54 bits per heavy atom. The number of aromatic nitrogens is 2. The third kappa shape index (κ3) is 2.65. The number of fused-ring (bicyclic) bond motifs is 2. The Hall–Kier alpha value is -2.73. The topological polar surface area (TPSA) is 49.3 Å². The number of rotatable bonds is 2. The van der Waals surface area contributed by atoms with Gasteiger partial charge >= 0.3 is 0 Å². The van der Waals surface area contributed by atoms with Gasteiger partial charge in [-0.3, -0.25) is 9.69 Å². The molecule has 0 unspecified atom stereocenters. The minimum Gasteiger partial charge on any atom is -0.355 e. The van der Waals surface area contributed by atoms with E-state index in [1.165, 1.54) is 0 Å². The molecule has 0 saturated heterocycles. The van der Waals surface area contributed by atoms with Crippen LogP contribution in [0.1, 0.15) is 4.88 Å². The fourth-order valence-corrected chi connectivity index (χ4v) is 3.34. The van der Waals surface area contributed by atoms with E-state index in [1.54, 1.807) is 22.3 Å². The smallest absolute Gasteiger partial charge is 0.252 e. The van der Waals surface area contributed by atoms with E-state index in [-0.39, 0.29) is 5.91 Å². The maximum atomic E-state index is 12.7. The lowest BCUT2D eigenvalue weighted by Crippen LogP contribution is -2.43. The second-order valence-corrected chi connectivity index (χ2v) is 6.60. The van der Waals surface area contributed by atoms with Crippen molar-refractivity contribution in [2.45, 2.75) is 0 Å². The van der Waals surface area contributed by atoms with Gasteiger partial charge in [-0.2, -0.15) is 0 Å². The van der Waals surface area contributed by atoms with E-state index in [0.29, 0.717) is 12.4 Å². The summed E-state index contributed by atoms with van der Waals surface area (Å²) in [4.78, 5) is 26.8. The Morgan fingerprint density at radius 2 is 1.83 bits per heavy atom. The molecule has 4 rings (SSSR count). The van der Waals surface area contributed by atoms with E-state index < -0.39 is 0 Å². The van der Waals surface area contributed by atoms with Gasteiger partial charge in [0.05, 0.1) is 11.0 Å². The van der Waals surface area contributed by atoms with Crippen molar-refractivity contribution in [3.05, 3.63) is 52.7 Å². The predicted molar refractivity (Wildman–Crippen MR) is 98.5 cm³/mol. The first-order valence-corrected chi connectivity index (χ1v) is 8.61. The average Bonchev–Trinajstić information content (AvgIpc) is 3.12. The largest absolute Gasteiger partial charge is 0.355 e. The number of anilines is 2. The summed E-state index contributed by atoms with van der Waals surface area (Å²) in [5.41, 5.74) is 1.64. The molecule has 2 aromatic heterocycles. The van der Waals surface area contributed by atoms with Gasteiger partial charge in [0.1, 0.15) is 0 Å². The summed E-state index contributed by atoms with van der Waals surface area (Å²) < 4.78 is 0. The van der Waals surface area contributed by atoms with Crippen LogP contribution in [-0.2, 0) is 4.79 Å². The molecule has 24 heavy (non-hydrogen) atoms. The number of amides is 1. The number of likely N-dealkylation sites (N-methyl/N-ethyl adjacent to an activating group) is 1. The molecule has 0 N–H and O–H groups in total. The highest BCUT2D eigenvalue weighted by atomic mass is 32.1. The van der Waals surface area contributed by atoms with Crippen molar-refractivity contribution in [2.24, 2.45) is 0 Å². The number of para-hydroxylation sites is 2. The van der Waals surface area contributed by atoms with Crippen LogP contribution in [0.3, 0.4) is 0 Å². The summed E-state index contributed by atoms with van der Waals surface area (Å²) in [5, 5.41) is 1.99. The van der Waals surface area contributed by atoms with Gasteiger partial charge in [0.15, 0.2) is 11.6 Å². The standard InChI is InChI=1S/C18H16N4OS/c1-21-10-11-22(16(23)9-8-13-5-4-12-24-13)18-17(21)19-14-6-2-3-7-15(14)20-18/h2-9,12H,10-11H2,1H3. The van der Waals surface area contributed by atoms with Crippen molar-refractivity contribution in [1.82, 2.24) is 9.97 Å². The molecule has 0 saturated carbocycles. The minimum absolute atomic E-state index is 0.0673. The van der Waals surface area contributed by atoms with Crippen LogP contribution in [-0.4, -0.2) is 36.0 Å². The second-order valence-electron chi connectivity index (χ2n) is 5.62. The van der Waals surface area contributed by atoms with Crippen molar-refractivity contribution in [3.8, 4) is 0 Å². The van der Waals surface area contributed by atoms with Crippen LogP contribution in [0.5, 0.6) is 0 Å². The van der Waals surface area contributed by atoms with Crippen LogP contribution >= 0.6 is 11.3 Å². The summed E-state index contributed by atoms with van der Waals surface area (Å²) in [5.74, 6) is 1.31. The van der Waals surface area contributed by atoms with Crippen LogP contribution in [0.25, 0.3) is 17.1 Å². The number of thiophene rings is 1. The van der Waals surface area contributed by atoms with Crippen molar-refractivity contribution in [3.63, 3.8) is 0 Å². The first-order chi connectivity index (χ1) is 11.7. The van der Waals surface area contributed by atoms with Crippen molar-refractivity contribution in [2.75, 3.05) is 29.9 Å². The van der Waals surface area contributed by atoms with Gasteiger partial charge in [-0.05, 0) is 29.7 Å². The molecule has 5 nitrogen and oxygen atoms in total. The number of benzene rings is 1. The van der Waals surface area contributed by atoms with E-state index in [0.717, 1.165) is 28.3 Å². The normalized spacial score (nSPS) is 14.4. The summed E-state index contributed by atoms with van der Waals surface area (Å²) in [6.45, 7) is 1.34. The molecule has 0 atom stereocenters. The monoisotopic (exact) mass is 336 g/mol. The molecule has 3 aromatic rings. The maximum Gasteiger partial charge on any atom is 0.252 e. The molecule has 0 bridgehead atoms. The van der Waals surface area contributed by atoms with Gasteiger partial charge in [-0.1, -0.05) is 18.2 Å². The summed E-state index contributed by atoms with van der Waals surface area (Å²) in [6.07, 6.45) is 3.46. The Balaban J connectivity index is 1.72. The van der Waals surface area contributed by atoms with E-state index in [1.807, 2.05) is 59.8 Å². The fourth-order valence-electron chi connectivity index (χ4n) is 2.72. The zero-order chi connectivity index (χ0) is 16.5. The SMILES string of the molecule is CN1CCN(C(=O)C=Cc2cccs2)c2nc3ccccc3nc21. The molecule has 6 heteroatoms. The van der Waals surface area contributed by atoms with Crippen LogP contribution in [0.2, 0.25) is 0 Å². The molecule has 1 amide bonds. The third-order valence-corrected chi connectivity index (χ3v) is 4.85. The number of nitrogens with zero attached hydrogens (tertiary/aromatic N) is 4. The molecular weight excluding hydrogens is 320 g/mol. The molecule has 0 spiro atoms. The lowest BCUT2D eigenvalue weighted by molar-refractivity contribution is -0.114. The molecule has 0 radical (unpaired) electrons. The highest BCUT2D eigenvalue weighted by Crippen LogP contribution is 2.30. The number of hydrogen-bond acceptors (Lipinski definition) is 5. The molecule has 1 aliphatic heterocycles. The highest BCUT2D eigenvalue weighted by molar-refractivity contribution is 7.10. The maximum absolute atomic E-state index is 12.7. The second kappa shape index (κ2) is 6.05. The zero-order valence-electron chi connectivity index (χ0n) is 13.2. The van der Waals surface area contributed by atoms with E-state index >= 15 is 0 Å². The van der Waals surface area contributed by atoms with Crippen LogP contribution in [0, 0.1) is 0 Å². The lowest BCUT2D eigenvalue weighted by Gasteiger charge is -2.33. The molecule has 0 aliphatic carbocycles. The average molecular weight is 336 g/mol. The van der Waals surface area contributed by atoms with Gasteiger partial charge < -0.3 is 4.90 Å². The van der Waals surface area contributed by atoms with Crippen LogP contribution in [0.4, 0.5) is 11.6 Å². The van der Waals surface area contributed by atoms with Crippen molar-refractivity contribution < 1.29 is 4.79 Å². The molecule has 1 aromatic carbocycles. The quantitative estimate of drug-likeness (QED) is 0.675. The van der Waals surface area contributed by atoms with Crippen LogP contribution < -0.4 is 9.80 Å². The zero-order valence-corrected chi connectivity index (χ0v) is 14.0. The Kier molecular flexibility index (Phi) is 3.74. The number of carbonyl (C=O) groups is 1. The van der Waals surface area contributed by atoms with E-state index in [4.69, 9.17) is 0 Å². The summed E-state index contributed by atoms with van der Waals surface area (Å²) in [7, 11) is 1.98. The highest BCUT2D eigenvalue weighted by Gasteiger charge is 2.27. The van der Waals surface area contributed by atoms with Gasteiger partial charge in [0.25, 0.3) is 5.91 Å². The van der Waals surface area contributed by atoms with Crippen molar-refractivity contribution >= 4 is 46.0 Å². The molecule has 0 fully saturated rings. The third-order valence-electron chi connectivity index (χ3n) is 4.01. The van der Waals surface area contributed by atoms with E-state index in [2.05, 4.69) is 9.97 Å². The van der Waals surface area contributed by atoms with Crippen molar-refractivity contribution in [1.29, 1.82) is 0 Å². The Labute approximate surface area is 143 Å². The molecular formula is C18H16N4OS. The van der Waals surface area contributed by atoms with Gasteiger partial charge in [0, 0.05) is 31.1 Å². The molecule has 3 heterocycles. The minimum atomic E-state index is -0.0673. The lowest BCUT2D eigenvalue weighted by atomic mass is 10.2. The number of carbonyl (C=O) groups excluding carboxylic acids is 1. The predicted octanol–water partition coefficient (Wildman–Crippen LogP) is 3.19. The first-order valence-electron chi connectivity index (χ1n) is 7.73. The van der Waals surface area contributed by atoms with Gasteiger partial charge in [-0.25, -0.2) is 9.97 Å². The fraction of sp³-hybridized carbons (Fsp3) is 0.167. The number of hydrogen-bond donors (Lipinski definition) is 0. The summed E-state index contributed by atoms with van der Waals surface area (Å²) >= 11 is 1.61. The van der Waals surface area contributed by atoms with Gasteiger partial charge in [0.2, 0.25) is 0 Å². The first kappa shape index (κ1) is 14.8.